The number of hydrogen-bond acceptors (Lipinski definition) is 1. The first-order chi connectivity index (χ1) is 6.30. The van der Waals surface area contributed by atoms with Crippen LogP contribution in [0.3, 0.4) is 0 Å². The smallest absolute Gasteiger partial charge is 0.306 e. The van der Waals surface area contributed by atoms with E-state index in [1.54, 1.807) is 0 Å². The number of aliphatic carboxylic acids is 1. The Balaban J connectivity index is 4.47. The molecule has 0 heterocycles. The van der Waals surface area contributed by atoms with Gasteiger partial charge in [0.1, 0.15) is 0 Å². The third kappa shape index (κ3) is 4.12. The van der Waals surface area contributed by atoms with Crippen molar-refractivity contribution in [2.75, 3.05) is 0 Å². The number of carbonyl (C=O) groups is 1. The average molecular weight is 200 g/mol. The Kier molecular flexibility index (Phi) is 5.17. The van der Waals surface area contributed by atoms with Gasteiger partial charge in [0.05, 0.1) is 5.92 Å². The second kappa shape index (κ2) is 5.38. The van der Waals surface area contributed by atoms with Crippen LogP contribution in [-0.4, -0.2) is 11.1 Å². The summed E-state index contributed by atoms with van der Waals surface area (Å²) < 4.78 is 0. The van der Waals surface area contributed by atoms with Crippen LogP contribution >= 0.6 is 0 Å². The molecule has 84 valence electrons. The van der Waals surface area contributed by atoms with Gasteiger partial charge < -0.3 is 5.11 Å². The Morgan fingerprint density at radius 2 is 1.86 bits per heavy atom. The fraction of sp³-hybridized carbons (Fsp3) is 0.917. The van der Waals surface area contributed by atoms with E-state index in [1.807, 2.05) is 6.92 Å². The molecule has 2 unspecified atom stereocenters. The van der Waals surface area contributed by atoms with Gasteiger partial charge in [-0.3, -0.25) is 4.79 Å². The summed E-state index contributed by atoms with van der Waals surface area (Å²) in [4.78, 5) is 11.0. The molecule has 0 bridgehead atoms. The Bertz CT molecular complexity index is 179. The van der Waals surface area contributed by atoms with Gasteiger partial charge in [-0.15, -0.1) is 0 Å². The maximum atomic E-state index is 11.0. The maximum Gasteiger partial charge on any atom is 0.306 e. The first kappa shape index (κ1) is 13.5. The minimum Gasteiger partial charge on any atom is -0.481 e. The van der Waals surface area contributed by atoms with Gasteiger partial charge in [-0.1, -0.05) is 47.5 Å². The van der Waals surface area contributed by atoms with E-state index in [2.05, 4.69) is 27.7 Å². The number of hydrogen-bond donors (Lipinski definition) is 1. The van der Waals surface area contributed by atoms with Crippen LogP contribution in [0.15, 0.2) is 0 Å². The topological polar surface area (TPSA) is 37.3 Å². The molecule has 0 radical (unpaired) electrons. The third-order valence-electron chi connectivity index (χ3n) is 2.97. The highest BCUT2D eigenvalue weighted by atomic mass is 16.4. The first-order valence-electron chi connectivity index (χ1n) is 5.53. The lowest BCUT2D eigenvalue weighted by molar-refractivity contribution is -0.144. The molecule has 0 spiro atoms. The molecule has 2 heteroatoms. The molecule has 2 nitrogen and oxygen atoms in total. The van der Waals surface area contributed by atoms with Crippen molar-refractivity contribution >= 4 is 5.97 Å². The lowest BCUT2D eigenvalue weighted by atomic mass is 9.71. The Labute approximate surface area is 87.7 Å². The summed E-state index contributed by atoms with van der Waals surface area (Å²) >= 11 is 0. The second-order valence-electron chi connectivity index (χ2n) is 5.24. The maximum absolute atomic E-state index is 11.0. The molecule has 0 aromatic rings. The van der Waals surface area contributed by atoms with Crippen molar-refractivity contribution in [3.8, 4) is 0 Å². The lowest BCUT2D eigenvalue weighted by Crippen LogP contribution is -2.31. The quantitative estimate of drug-likeness (QED) is 0.736. The molecule has 0 aliphatic carbocycles. The monoisotopic (exact) mass is 200 g/mol. The third-order valence-corrected chi connectivity index (χ3v) is 2.97. The minimum atomic E-state index is -0.666. The van der Waals surface area contributed by atoms with Crippen molar-refractivity contribution in [2.24, 2.45) is 17.3 Å². The minimum absolute atomic E-state index is 0.0903. The van der Waals surface area contributed by atoms with Gasteiger partial charge in [0.25, 0.3) is 0 Å². The van der Waals surface area contributed by atoms with Gasteiger partial charge in [-0.25, -0.2) is 0 Å². The molecular weight excluding hydrogens is 176 g/mol. The van der Waals surface area contributed by atoms with Crippen molar-refractivity contribution < 1.29 is 9.90 Å². The predicted octanol–water partition coefficient (Wildman–Crippen LogP) is 3.56. The molecule has 0 aliphatic rings. The zero-order valence-corrected chi connectivity index (χ0v) is 10.1. The van der Waals surface area contributed by atoms with E-state index in [-0.39, 0.29) is 17.3 Å². The highest BCUT2D eigenvalue weighted by Gasteiger charge is 2.32. The van der Waals surface area contributed by atoms with Crippen LogP contribution < -0.4 is 0 Å². The lowest BCUT2D eigenvalue weighted by Gasteiger charge is -2.33. The van der Waals surface area contributed by atoms with Gasteiger partial charge >= 0.3 is 5.97 Å². The van der Waals surface area contributed by atoms with Crippen LogP contribution in [0.5, 0.6) is 0 Å². The van der Waals surface area contributed by atoms with Gasteiger partial charge in [0.15, 0.2) is 0 Å². The van der Waals surface area contributed by atoms with Crippen molar-refractivity contribution in [3.63, 3.8) is 0 Å². The summed E-state index contributed by atoms with van der Waals surface area (Å²) in [6.07, 6.45) is 3.28. The largest absolute Gasteiger partial charge is 0.481 e. The number of carboxylic acids is 1. The van der Waals surface area contributed by atoms with Crippen LogP contribution in [0.4, 0.5) is 0 Å². The second-order valence-corrected chi connectivity index (χ2v) is 5.24. The van der Waals surface area contributed by atoms with Crippen LogP contribution in [0, 0.1) is 17.3 Å². The Hall–Kier alpha value is -0.530. The summed E-state index contributed by atoms with van der Waals surface area (Å²) in [7, 11) is 0. The summed E-state index contributed by atoms with van der Waals surface area (Å²) in [6.45, 7) is 10.4. The number of carboxylic acid groups (broad SMARTS) is 1. The standard InChI is InChI=1S/C12H24O2/c1-6-7-8-10(12(3,4)5)9(2)11(13)14/h9-10H,6-8H2,1-5H3,(H,13,14). The number of unbranched alkanes of at least 4 members (excludes halogenated alkanes) is 1. The SMILES string of the molecule is CCCCC(C(C)C(=O)O)C(C)(C)C. The highest BCUT2D eigenvalue weighted by Crippen LogP contribution is 2.36. The van der Waals surface area contributed by atoms with Crippen molar-refractivity contribution in [1.29, 1.82) is 0 Å². The average Bonchev–Trinajstić information content (AvgIpc) is 2.02. The fourth-order valence-electron chi connectivity index (χ4n) is 2.03. The molecule has 0 aliphatic heterocycles. The molecule has 2 atom stereocenters. The van der Waals surface area contributed by atoms with E-state index >= 15 is 0 Å². The van der Waals surface area contributed by atoms with Gasteiger partial charge in [0, 0.05) is 0 Å². The zero-order valence-electron chi connectivity index (χ0n) is 10.1. The van der Waals surface area contributed by atoms with E-state index in [1.165, 1.54) is 0 Å². The molecule has 0 saturated heterocycles. The molecule has 0 aromatic carbocycles. The van der Waals surface area contributed by atoms with Crippen LogP contribution in [0.1, 0.15) is 53.9 Å². The number of rotatable bonds is 5. The predicted molar refractivity (Wildman–Crippen MR) is 59.3 cm³/mol. The van der Waals surface area contributed by atoms with E-state index < -0.39 is 5.97 Å². The molecule has 0 amide bonds. The van der Waals surface area contributed by atoms with Crippen molar-refractivity contribution in [1.82, 2.24) is 0 Å². The summed E-state index contributed by atoms with van der Waals surface area (Å²) in [5, 5.41) is 9.02. The van der Waals surface area contributed by atoms with Gasteiger partial charge in [0.2, 0.25) is 0 Å². The first-order valence-corrected chi connectivity index (χ1v) is 5.53. The van der Waals surface area contributed by atoms with Gasteiger partial charge in [-0.05, 0) is 17.8 Å². The Morgan fingerprint density at radius 1 is 1.36 bits per heavy atom. The molecule has 14 heavy (non-hydrogen) atoms. The van der Waals surface area contributed by atoms with E-state index in [4.69, 9.17) is 5.11 Å². The van der Waals surface area contributed by atoms with Gasteiger partial charge in [-0.2, -0.15) is 0 Å². The fourth-order valence-corrected chi connectivity index (χ4v) is 2.03. The molecule has 0 fully saturated rings. The molecule has 0 saturated carbocycles. The molecule has 0 aromatic heterocycles. The Morgan fingerprint density at radius 3 is 2.14 bits per heavy atom. The van der Waals surface area contributed by atoms with Crippen LogP contribution in [-0.2, 0) is 4.79 Å². The van der Waals surface area contributed by atoms with Crippen LogP contribution in [0.2, 0.25) is 0 Å². The van der Waals surface area contributed by atoms with Crippen LogP contribution in [0.25, 0.3) is 0 Å². The molecule has 1 N–H and O–H groups in total. The van der Waals surface area contributed by atoms with Crippen molar-refractivity contribution in [3.05, 3.63) is 0 Å². The summed E-state index contributed by atoms with van der Waals surface area (Å²) in [5.41, 5.74) is 0.0903. The summed E-state index contributed by atoms with van der Waals surface area (Å²) in [6, 6.07) is 0. The van der Waals surface area contributed by atoms with E-state index in [9.17, 15) is 4.79 Å². The normalized spacial score (nSPS) is 16.4. The summed E-state index contributed by atoms with van der Waals surface area (Å²) in [5.74, 6) is -0.623. The van der Waals surface area contributed by atoms with Crippen molar-refractivity contribution in [2.45, 2.75) is 53.9 Å². The molecule has 0 rings (SSSR count). The zero-order chi connectivity index (χ0) is 11.4. The van der Waals surface area contributed by atoms with E-state index in [0.717, 1.165) is 19.3 Å². The highest BCUT2D eigenvalue weighted by molar-refractivity contribution is 5.69. The molecular formula is C12H24O2. The van der Waals surface area contributed by atoms with E-state index in [0.29, 0.717) is 0 Å².